The van der Waals surface area contributed by atoms with Gasteiger partial charge in [-0.05, 0) is 18.9 Å². The van der Waals surface area contributed by atoms with Gasteiger partial charge in [-0.3, -0.25) is 9.89 Å². The number of benzene rings is 1. The zero-order chi connectivity index (χ0) is 30.3. The largest absolute Gasteiger partial charge is 0.478 e. The molecule has 0 saturated carbocycles. The molecule has 1 aromatic carbocycles. The van der Waals surface area contributed by atoms with Crippen LogP contribution in [0.1, 0.15) is 52.0 Å². The molecule has 0 aliphatic carbocycles. The van der Waals surface area contributed by atoms with Gasteiger partial charge in [0.1, 0.15) is 5.84 Å². The van der Waals surface area contributed by atoms with Crippen molar-refractivity contribution in [1.82, 2.24) is 9.80 Å². The van der Waals surface area contributed by atoms with E-state index < -0.39 is 23.9 Å². The highest BCUT2D eigenvalue weighted by atomic mass is 16.4. The number of nitrogens with zero attached hydrogens (tertiary/aromatic N) is 3. The lowest BCUT2D eigenvalue weighted by Crippen LogP contribution is -2.49. The van der Waals surface area contributed by atoms with E-state index in [9.17, 15) is 19.2 Å². The Kier molecular flexibility index (Phi) is 19.7. The van der Waals surface area contributed by atoms with Crippen LogP contribution in [0.3, 0.4) is 0 Å². The van der Waals surface area contributed by atoms with E-state index in [1.807, 2.05) is 0 Å². The molecule has 0 spiro atoms. The van der Waals surface area contributed by atoms with Crippen molar-refractivity contribution < 1.29 is 39.6 Å². The summed E-state index contributed by atoms with van der Waals surface area (Å²) in [5, 5.41) is 31.2. The fourth-order valence-corrected chi connectivity index (χ4v) is 3.46. The Bertz CT molecular complexity index is 916. The van der Waals surface area contributed by atoms with Gasteiger partial charge in [-0.15, -0.1) is 0 Å². The van der Waals surface area contributed by atoms with Crippen molar-refractivity contribution in [2.75, 3.05) is 39.3 Å². The van der Waals surface area contributed by atoms with E-state index >= 15 is 0 Å². The van der Waals surface area contributed by atoms with Gasteiger partial charge in [0, 0.05) is 62.6 Å². The molecule has 11 nitrogen and oxygen atoms in total. The summed E-state index contributed by atoms with van der Waals surface area (Å²) >= 11 is 0. The van der Waals surface area contributed by atoms with Gasteiger partial charge < -0.3 is 25.3 Å². The maximum atomic E-state index is 9.55. The molecule has 2 rings (SSSR count). The zero-order valence-corrected chi connectivity index (χ0v) is 23.6. The molecule has 1 saturated heterocycles. The molecule has 0 atom stereocenters. The summed E-state index contributed by atoms with van der Waals surface area (Å²) in [6, 6.07) is 10.7. The number of amidine groups is 1. The minimum absolute atomic E-state index is 0.558. The highest BCUT2D eigenvalue weighted by molar-refractivity contribution is 5.98. The molecule has 1 aliphatic rings. The lowest BCUT2D eigenvalue weighted by Gasteiger charge is -2.36. The third-order valence-corrected chi connectivity index (χ3v) is 5.37. The monoisotopic (exact) mass is 561 g/mol. The quantitative estimate of drug-likeness (QED) is 0.128. The Morgan fingerprint density at radius 1 is 0.775 bits per heavy atom. The van der Waals surface area contributed by atoms with Crippen LogP contribution in [-0.2, 0) is 19.2 Å². The van der Waals surface area contributed by atoms with Crippen LogP contribution in [0.4, 0.5) is 0 Å². The SMILES string of the molecule is CCCCCCN1CCN(/C(=N/CC(C)C)c2ccccc2)CC1.O=C(O)/C=C\C(=O)O.O=C(O)/C=C\C(=O)O. The maximum Gasteiger partial charge on any atom is 0.328 e. The molecule has 11 heteroatoms. The first kappa shape index (κ1) is 36.0. The molecule has 0 radical (unpaired) electrons. The summed E-state index contributed by atoms with van der Waals surface area (Å²) in [5.41, 5.74) is 1.26. The Morgan fingerprint density at radius 2 is 1.25 bits per heavy atom. The molecule has 1 heterocycles. The van der Waals surface area contributed by atoms with Crippen LogP contribution in [-0.4, -0.2) is 99.2 Å². The number of aliphatic carboxylic acids is 4. The number of aliphatic imine (C=N–C) groups is 1. The molecule has 40 heavy (non-hydrogen) atoms. The van der Waals surface area contributed by atoms with Gasteiger partial charge in [0.2, 0.25) is 0 Å². The summed E-state index contributed by atoms with van der Waals surface area (Å²) in [5.74, 6) is -3.24. The molecule has 4 N–H and O–H groups in total. The van der Waals surface area contributed by atoms with Gasteiger partial charge >= 0.3 is 23.9 Å². The molecular formula is C29H43N3O8. The second-order valence-electron chi connectivity index (χ2n) is 9.33. The number of rotatable bonds is 12. The normalized spacial score (nSPS) is 13.9. The molecule has 222 valence electrons. The van der Waals surface area contributed by atoms with Crippen LogP contribution < -0.4 is 0 Å². The molecule has 1 aliphatic heterocycles. The number of carboxylic acid groups (broad SMARTS) is 4. The average Bonchev–Trinajstić information content (AvgIpc) is 2.91. The van der Waals surface area contributed by atoms with Gasteiger partial charge in [-0.25, -0.2) is 19.2 Å². The minimum Gasteiger partial charge on any atom is -0.478 e. The van der Waals surface area contributed by atoms with Crippen molar-refractivity contribution in [2.45, 2.75) is 46.5 Å². The van der Waals surface area contributed by atoms with Crippen LogP contribution in [0.25, 0.3) is 0 Å². The third kappa shape index (κ3) is 20.0. The Hall–Kier alpha value is -3.99. The average molecular weight is 562 g/mol. The Labute approximate surface area is 236 Å². The molecule has 0 amide bonds. The standard InChI is InChI=1S/C21H35N3.2C4H4O4/c1-4-5-6-10-13-23-14-16-24(17-15-23)21(22-18-19(2)3)20-11-8-7-9-12-20;2*5-3(6)1-2-4(7)8/h7-9,11-12,19H,4-6,10,13-18H2,1-3H3;2*1-2H,(H,5,6)(H,7,8)/b22-21+;2*2-1-. The number of hydrogen-bond donors (Lipinski definition) is 4. The third-order valence-electron chi connectivity index (χ3n) is 5.37. The fourth-order valence-electron chi connectivity index (χ4n) is 3.46. The summed E-state index contributed by atoms with van der Waals surface area (Å²) in [6.45, 7) is 13.4. The van der Waals surface area contributed by atoms with Crippen molar-refractivity contribution >= 4 is 29.7 Å². The van der Waals surface area contributed by atoms with Gasteiger partial charge in [0.25, 0.3) is 0 Å². The first-order valence-electron chi connectivity index (χ1n) is 13.3. The number of carboxylic acids is 4. The topological polar surface area (TPSA) is 168 Å². The van der Waals surface area contributed by atoms with E-state index in [0.717, 1.165) is 19.6 Å². The van der Waals surface area contributed by atoms with Crippen molar-refractivity contribution in [1.29, 1.82) is 0 Å². The highest BCUT2D eigenvalue weighted by Crippen LogP contribution is 2.12. The molecule has 0 aromatic heterocycles. The van der Waals surface area contributed by atoms with Crippen LogP contribution in [0.2, 0.25) is 0 Å². The number of unbranched alkanes of at least 4 members (excludes halogenated alkanes) is 3. The van der Waals surface area contributed by atoms with Crippen molar-refractivity contribution in [3.8, 4) is 0 Å². The molecule has 1 aromatic rings. The molecule has 0 bridgehead atoms. The summed E-state index contributed by atoms with van der Waals surface area (Å²) in [4.78, 5) is 48.3. The summed E-state index contributed by atoms with van der Waals surface area (Å²) in [6.07, 6.45) is 7.65. The minimum atomic E-state index is -1.26. The Balaban J connectivity index is 0.000000780. The lowest BCUT2D eigenvalue weighted by molar-refractivity contribution is -0.134. The van der Waals surface area contributed by atoms with E-state index in [1.165, 1.54) is 56.7 Å². The van der Waals surface area contributed by atoms with Gasteiger partial charge in [0.05, 0.1) is 0 Å². The van der Waals surface area contributed by atoms with Crippen LogP contribution in [0.15, 0.2) is 59.6 Å². The van der Waals surface area contributed by atoms with Crippen LogP contribution in [0, 0.1) is 5.92 Å². The summed E-state index contributed by atoms with van der Waals surface area (Å²) in [7, 11) is 0. The molecule has 0 unspecified atom stereocenters. The van der Waals surface area contributed by atoms with E-state index in [-0.39, 0.29) is 0 Å². The fraction of sp³-hybridized carbons (Fsp3) is 0.483. The van der Waals surface area contributed by atoms with Crippen LogP contribution in [0.5, 0.6) is 0 Å². The first-order valence-corrected chi connectivity index (χ1v) is 13.3. The highest BCUT2D eigenvalue weighted by Gasteiger charge is 2.20. The van der Waals surface area contributed by atoms with Gasteiger partial charge in [-0.2, -0.15) is 0 Å². The number of carbonyl (C=O) groups is 4. The molecular weight excluding hydrogens is 518 g/mol. The summed E-state index contributed by atoms with van der Waals surface area (Å²) < 4.78 is 0. The second kappa shape index (κ2) is 21.9. The van der Waals surface area contributed by atoms with E-state index in [4.69, 9.17) is 25.4 Å². The number of piperazine rings is 1. The number of hydrogen-bond acceptors (Lipinski definition) is 6. The van der Waals surface area contributed by atoms with Crippen molar-refractivity contribution in [3.63, 3.8) is 0 Å². The van der Waals surface area contributed by atoms with Crippen molar-refractivity contribution in [3.05, 3.63) is 60.2 Å². The van der Waals surface area contributed by atoms with Crippen LogP contribution >= 0.6 is 0 Å². The predicted molar refractivity (Wildman–Crippen MR) is 154 cm³/mol. The maximum absolute atomic E-state index is 9.55. The van der Waals surface area contributed by atoms with Crippen molar-refractivity contribution in [2.24, 2.45) is 10.9 Å². The van der Waals surface area contributed by atoms with E-state index in [1.54, 1.807) is 0 Å². The lowest BCUT2D eigenvalue weighted by atomic mass is 10.1. The van der Waals surface area contributed by atoms with E-state index in [2.05, 4.69) is 60.9 Å². The smallest absolute Gasteiger partial charge is 0.328 e. The second-order valence-corrected chi connectivity index (χ2v) is 9.33. The zero-order valence-electron chi connectivity index (χ0n) is 23.6. The van der Waals surface area contributed by atoms with E-state index in [0.29, 0.717) is 30.2 Å². The van der Waals surface area contributed by atoms with Gasteiger partial charge in [0.15, 0.2) is 0 Å². The predicted octanol–water partition coefficient (Wildman–Crippen LogP) is 3.71. The van der Waals surface area contributed by atoms with Gasteiger partial charge in [-0.1, -0.05) is 70.4 Å². The molecule has 1 fully saturated rings. The Morgan fingerprint density at radius 3 is 1.65 bits per heavy atom. The first-order chi connectivity index (χ1) is 19.0.